The molecule has 0 aromatic rings. The Balaban J connectivity index is -0.0000000339. The summed E-state index contributed by atoms with van der Waals surface area (Å²) in [5.41, 5.74) is 9.31. The minimum Gasteiger partial charge on any atom is -0.415 e. The van der Waals surface area contributed by atoms with E-state index in [1.807, 2.05) is 0 Å². The Hall–Kier alpha value is 0.882. The van der Waals surface area contributed by atoms with Crippen LogP contribution in [0.25, 0.3) is 0 Å². The van der Waals surface area contributed by atoms with Crippen LogP contribution in [-0.4, -0.2) is 35.9 Å². The average Bonchev–Trinajstić information content (AvgIpc) is 1.66. The van der Waals surface area contributed by atoms with E-state index in [-0.39, 0.29) is 35.9 Å². The summed E-state index contributed by atoms with van der Waals surface area (Å²) in [5, 5.41) is 0. The normalized spacial score (nSPS) is 4.73. The number of hydrogen-bond acceptors (Lipinski definition) is 4. The SMILES string of the molecule is C=C.NC(=S)[S-].NC(=S)[S-].[Pb+2]. The van der Waals surface area contributed by atoms with Gasteiger partial charge in [0.15, 0.2) is 0 Å². The average molecular weight is 420 g/mol. The first-order valence-electron chi connectivity index (χ1n) is 1.89. The van der Waals surface area contributed by atoms with E-state index in [1.165, 1.54) is 0 Å². The van der Waals surface area contributed by atoms with Gasteiger partial charge in [-0.3, -0.25) is 0 Å². The van der Waals surface area contributed by atoms with Gasteiger partial charge >= 0.3 is 27.3 Å². The number of hydrogen-bond donors (Lipinski definition) is 2. The predicted octanol–water partition coefficient (Wildman–Crippen LogP) is -0.0248. The summed E-state index contributed by atoms with van der Waals surface area (Å²) >= 11 is 16.5. The molecule has 0 amide bonds. The first kappa shape index (κ1) is 22.6. The zero-order valence-electron chi connectivity index (χ0n) is 5.70. The van der Waals surface area contributed by atoms with Gasteiger partial charge in [0, 0.05) is 0 Å². The molecule has 0 fully saturated rings. The molecule has 0 heterocycles. The smallest absolute Gasteiger partial charge is 0.415 e. The molecule has 0 aromatic carbocycles. The molecule has 2 nitrogen and oxygen atoms in total. The van der Waals surface area contributed by atoms with Gasteiger partial charge in [-0.05, 0) is 0 Å². The van der Waals surface area contributed by atoms with Gasteiger partial charge in [0.1, 0.15) is 0 Å². The summed E-state index contributed by atoms with van der Waals surface area (Å²) in [6.07, 6.45) is 0. The summed E-state index contributed by atoms with van der Waals surface area (Å²) in [6, 6.07) is 0. The molecular weight excluding hydrogens is 412 g/mol. The van der Waals surface area contributed by atoms with Crippen molar-refractivity contribution in [2.24, 2.45) is 11.5 Å². The van der Waals surface area contributed by atoms with Gasteiger partial charge < -0.3 is 61.2 Å². The Bertz CT molecular complexity index is 88.3. The van der Waals surface area contributed by atoms with Crippen molar-refractivity contribution in [3.8, 4) is 0 Å². The van der Waals surface area contributed by atoms with E-state index < -0.39 is 0 Å². The van der Waals surface area contributed by atoms with Crippen LogP contribution in [0.1, 0.15) is 0 Å². The number of thiocarbonyl (C=S) groups is 2. The number of nitrogens with two attached hydrogens (primary N) is 2. The zero-order valence-corrected chi connectivity index (χ0v) is 12.9. The molecular formula is C4H8N2PbS4. The van der Waals surface area contributed by atoms with E-state index in [0.29, 0.717) is 0 Å². The second-order valence-electron chi connectivity index (χ2n) is 0.638. The maximum Gasteiger partial charge on any atom is 2.00 e. The fourth-order valence-corrected chi connectivity index (χ4v) is 0. The van der Waals surface area contributed by atoms with Gasteiger partial charge in [-0.1, -0.05) is 8.64 Å². The summed E-state index contributed by atoms with van der Waals surface area (Å²) in [5.74, 6) is 0. The fourth-order valence-electron chi connectivity index (χ4n) is 0. The van der Waals surface area contributed by atoms with Crippen LogP contribution in [0.3, 0.4) is 0 Å². The Morgan fingerprint density at radius 2 is 1.00 bits per heavy atom. The molecule has 0 unspecified atom stereocenters. The fraction of sp³-hybridized carbons (Fsp3) is 0. The van der Waals surface area contributed by atoms with E-state index >= 15 is 0 Å². The molecule has 11 heavy (non-hydrogen) atoms. The van der Waals surface area contributed by atoms with E-state index in [2.05, 4.69) is 74.3 Å². The third-order valence-corrected chi connectivity index (χ3v) is 0. The second kappa shape index (κ2) is 22.4. The topological polar surface area (TPSA) is 52.0 Å². The quantitative estimate of drug-likeness (QED) is 0.249. The molecule has 0 atom stereocenters. The molecule has 62 valence electrons. The van der Waals surface area contributed by atoms with E-state index in [0.717, 1.165) is 0 Å². The minimum absolute atomic E-state index is 0. The van der Waals surface area contributed by atoms with Crippen molar-refractivity contribution in [1.82, 2.24) is 0 Å². The van der Waals surface area contributed by atoms with Gasteiger partial charge in [0.25, 0.3) is 0 Å². The molecule has 0 aliphatic heterocycles. The molecule has 0 bridgehead atoms. The Morgan fingerprint density at radius 3 is 1.00 bits per heavy atom. The summed E-state index contributed by atoms with van der Waals surface area (Å²) < 4.78 is 0.167. The van der Waals surface area contributed by atoms with Gasteiger partial charge in [0.05, 0.1) is 0 Å². The molecule has 0 aliphatic carbocycles. The van der Waals surface area contributed by atoms with Gasteiger partial charge in [-0.15, -0.1) is 13.2 Å². The van der Waals surface area contributed by atoms with Crippen LogP contribution < -0.4 is 11.5 Å². The van der Waals surface area contributed by atoms with Crippen molar-refractivity contribution in [2.75, 3.05) is 0 Å². The standard InChI is InChI=1S/C2H4.2CH3NS2.Pb/c1-2;2*2-1(3)4;/h1-2H2;2*(H3,2,3,4);/q;;;+2/p-2. The van der Waals surface area contributed by atoms with Crippen LogP contribution in [-0.2, 0) is 25.3 Å². The predicted molar refractivity (Wildman–Crippen MR) is 65.3 cm³/mol. The molecule has 0 spiro atoms. The molecule has 0 aliphatic rings. The van der Waals surface area contributed by atoms with Crippen LogP contribution in [0, 0.1) is 0 Å². The Labute approximate surface area is 109 Å². The van der Waals surface area contributed by atoms with Crippen LogP contribution in [0.2, 0.25) is 0 Å². The van der Waals surface area contributed by atoms with Crippen molar-refractivity contribution in [3.63, 3.8) is 0 Å². The molecule has 0 aromatic heterocycles. The molecule has 0 saturated heterocycles. The van der Waals surface area contributed by atoms with E-state index in [1.54, 1.807) is 0 Å². The summed E-state index contributed by atoms with van der Waals surface area (Å²) in [6.45, 7) is 6.00. The first-order valence-corrected chi connectivity index (χ1v) is 3.53. The van der Waals surface area contributed by atoms with Crippen LogP contribution in [0.15, 0.2) is 13.2 Å². The zero-order chi connectivity index (χ0) is 9.15. The molecule has 2 radical (unpaired) electrons. The summed E-state index contributed by atoms with van der Waals surface area (Å²) in [4.78, 5) is 0. The Kier molecular flexibility index (Phi) is 46.2. The maximum absolute atomic E-state index is 4.66. The van der Waals surface area contributed by atoms with Crippen molar-refractivity contribution >= 4 is 85.6 Å². The number of rotatable bonds is 0. The first-order chi connectivity index (χ1) is 4.46. The molecule has 0 rings (SSSR count). The van der Waals surface area contributed by atoms with E-state index in [4.69, 9.17) is 0 Å². The van der Waals surface area contributed by atoms with Crippen LogP contribution in [0.5, 0.6) is 0 Å². The van der Waals surface area contributed by atoms with Gasteiger partial charge in [-0.25, -0.2) is 0 Å². The van der Waals surface area contributed by atoms with Gasteiger partial charge in [0.2, 0.25) is 0 Å². The maximum atomic E-state index is 4.66. The summed E-state index contributed by atoms with van der Waals surface area (Å²) in [7, 11) is 0. The van der Waals surface area contributed by atoms with Crippen LogP contribution >= 0.6 is 24.4 Å². The molecule has 7 heteroatoms. The minimum atomic E-state index is 0. The van der Waals surface area contributed by atoms with Crippen molar-refractivity contribution < 1.29 is 0 Å². The van der Waals surface area contributed by atoms with Crippen LogP contribution in [0.4, 0.5) is 0 Å². The van der Waals surface area contributed by atoms with E-state index in [9.17, 15) is 0 Å². The largest absolute Gasteiger partial charge is 2.00 e. The second-order valence-corrected chi connectivity index (χ2v) is 2.91. The molecule has 4 N–H and O–H groups in total. The monoisotopic (exact) mass is 420 g/mol. The van der Waals surface area contributed by atoms with Gasteiger partial charge in [-0.2, -0.15) is 0 Å². The third-order valence-electron chi connectivity index (χ3n) is 0. The van der Waals surface area contributed by atoms with Crippen molar-refractivity contribution in [2.45, 2.75) is 0 Å². The Morgan fingerprint density at radius 1 is 1.00 bits per heavy atom. The van der Waals surface area contributed by atoms with Crippen molar-refractivity contribution in [3.05, 3.63) is 13.2 Å². The van der Waals surface area contributed by atoms with Crippen molar-refractivity contribution in [1.29, 1.82) is 0 Å². The molecule has 0 saturated carbocycles. The third kappa shape index (κ3) is 1100.